The Morgan fingerprint density at radius 2 is 0.788 bits per heavy atom. The fourth-order valence-electron chi connectivity index (χ4n) is 3.75. The van der Waals surface area contributed by atoms with Gasteiger partial charge < -0.3 is 18.9 Å². The molecule has 0 atom stereocenters. The standard InChI is InChI=1S/C28H56O5/c1-3-5-7-8-9-10-11-12-13-14-15-16-17-19-21-30-22-23-31-24-25-32-26-27-33-28(29)20-18-6-4-2/h3-27H2,1-2H3. The molecule has 0 unspecified atom stereocenters. The van der Waals surface area contributed by atoms with Crippen LogP contribution in [-0.2, 0) is 23.7 Å². The van der Waals surface area contributed by atoms with Gasteiger partial charge in [-0.05, 0) is 12.8 Å². The normalized spacial score (nSPS) is 11.2. The zero-order chi connectivity index (χ0) is 24.1. The van der Waals surface area contributed by atoms with E-state index in [0.717, 1.165) is 32.3 Å². The van der Waals surface area contributed by atoms with Crippen molar-refractivity contribution in [3.8, 4) is 0 Å². The predicted octanol–water partition coefficient (Wildman–Crippen LogP) is 7.64. The number of carbonyl (C=O) groups is 1. The molecule has 0 aliphatic rings. The van der Waals surface area contributed by atoms with Crippen LogP contribution >= 0.6 is 0 Å². The molecule has 0 aliphatic carbocycles. The van der Waals surface area contributed by atoms with E-state index in [1.54, 1.807) is 0 Å². The first-order chi connectivity index (χ1) is 16.3. The lowest BCUT2D eigenvalue weighted by Gasteiger charge is -2.08. The van der Waals surface area contributed by atoms with Crippen LogP contribution in [0.25, 0.3) is 0 Å². The molecule has 0 aromatic carbocycles. The molecule has 0 bridgehead atoms. The van der Waals surface area contributed by atoms with Gasteiger partial charge in [-0.3, -0.25) is 4.79 Å². The second-order valence-corrected chi connectivity index (χ2v) is 9.11. The highest BCUT2D eigenvalue weighted by Crippen LogP contribution is 2.12. The Hall–Kier alpha value is -0.650. The highest BCUT2D eigenvalue weighted by molar-refractivity contribution is 5.69. The van der Waals surface area contributed by atoms with Crippen molar-refractivity contribution in [2.75, 3.05) is 46.2 Å². The van der Waals surface area contributed by atoms with Crippen LogP contribution in [0.4, 0.5) is 0 Å². The molecule has 0 heterocycles. The molecular weight excluding hydrogens is 416 g/mol. The Morgan fingerprint density at radius 1 is 0.424 bits per heavy atom. The molecule has 33 heavy (non-hydrogen) atoms. The molecule has 198 valence electrons. The van der Waals surface area contributed by atoms with E-state index in [4.69, 9.17) is 18.9 Å². The van der Waals surface area contributed by atoms with Crippen molar-refractivity contribution in [3.63, 3.8) is 0 Å². The first-order valence-electron chi connectivity index (χ1n) is 14.2. The van der Waals surface area contributed by atoms with Crippen LogP contribution in [0.1, 0.15) is 129 Å². The van der Waals surface area contributed by atoms with Crippen LogP contribution in [0.15, 0.2) is 0 Å². The fraction of sp³-hybridized carbons (Fsp3) is 0.964. The molecule has 0 spiro atoms. The summed E-state index contributed by atoms with van der Waals surface area (Å²) in [7, 11) is 0. The lowest BCUT2D eigenvalue weighted by Crippen LogP contribution is -2.14. The lowest BCUT2D eigenvalue weighted by molar-refractivity contribution is -0.145. The Kier molecular flexibility index (Phi) is 28.8. The van der Waals surface area contributed by atoms with Gasteiger partial charge in [0.25, 0.3) is 0 Å². The number of hydrogen-bond donors (Lipinski definition) is 0. The molecule has 0 rings (SSSR count). The fourth-order valence-corrected chi connectivity index (χ4v) is 3.75. The number of esters is 1. The van der Waals surface area contributed by atoms with Gasteiger partial charge in [0.2, 0.25) is 0 Å². The number of ether oxygens (including phenoxy) is 4. The van der Waals surface area contributed by atoms with Gasteiger partial charge in [-0.2, -0.15) is 0 Å². The number of carbonyl (C=O) groups excluding carboxylic acids is 1. The maximum absolute atomic E-state index is 11.4. The molecule has 0 aromatic rings. The van der Waals surface area contributed by atoms with Crippen molar-refractivity contribution in [1.82, 2.24) is 0 Å². The molecule has 0 aliphatic heterocycles. The Morgan fingerprint density at radius 3 is 1.27 bits per heavy atom. The van der Waals surface area contributed by atoms with Crippen LogP contribution in [0, 0.1) is 0 Å². The van der Waals surface area contributed by atoms with Gasteiger partial charge in [0.05, 0.1) is 33.0 Å². The zero-order valence-electron chi connectivity index (χ0n) is 22.2. The lowest BCUT2D eigenvalue weighted by atomic mass is 10.0. The van der Waals surface area contributed by atoms with Gasteiger partial charge in [-0.25, -0.2) is 0 Å². The van der Waals surface area contributed by atoms with E-state index >= 15 is 0 Å². The zero-order valence-corrected chi connectivity index (χ0v) is 22.2. The second kappa shape index (κ2) is 29.4. The maximum atomic E-state index is 11.4. The summed E-state index contributed by atoms with van der Waals surface area (Å²) in [4.78, 5) is 11.4. The maximum Gasteiger partial charge on any atom is 0.305 e. The summed E-state index contributed by atoms with van der Waals surface area (Å²) < 4.78 is 21.6. The van der Waals surface area contributed by atoms with Crippen molar-refractivity contribution < 1.29 is 23.7 Å². The monoisotopic (exact) mass is 472 g/mol. The smallest absolute Gasteiger partial charge is 0.305 e. The summed E-state index contributed by atoms with van der Waals surface area (Å²) in [6, 6.07) is 0. The molecule has 0 N–H and O–H groups in total. The summed E-state index contributed by atoms with van der Waals surface area (Å²) in [5.74, 6) is -0.126. The van der Waals surface area contributed by atoms with E-state index in [9.17, 15) is 4.79 Å². The number of hydrogen-bond acceptors (Lipinski definition) is 5. The van der Waals surface area contributed by atoms with E-state index in [2.05, 4.69) is 13.8 Å². The van der Waals surface area contributed by atoms with Gasteiger partial charge >= 0.3 is 5.97 Å². The minimum Gasteiger partial charge on any atom is -0.463 e. The van der Waals surface area contributed by atoms with Gasteiger partial charge in [0, 0.05) is 13.0 Å². The number of unbranched alkanes of at least 4 members (excludes halogenated alkanes) is 15. The summed E-state index contributed by atoms with van der Waals surface area (Å²) in [6.45, 7) is 8.31. The molecule has 0 amide bonds. The first-order valence-corrected chi connectivity index (χ1v) is 14.2. The average molecular weight is 473 g/mol. The molecule has 0 aromatic heterocycles. The molecule has 0 saturated heterocycles. The second-order valence-electron chi connectivity index (χ2n) is 9.11. The van der Waals surface area contributed by atoms with Crippen LogP contribution in [0.5, 0.6) is 0 Å². The number of rotatable bonds is 28. The van der Waals surface area contributed by atoms with E-state index < -0.39 is 0 Å². The molecule has 0 radical (unpaired) electrons. The molecule has 0 saturated carbocycles. The Bertz CT molecular complexity index is 375. The largest absolute Gasteiger partial charge is 0.463 e. The van der Waals surface area contributed by atoms with Crippen molar-refractivity contribution in [3.05, 3.63) is 0 Å². The van der Waals surface area contributed by atoms with Gasteiger partial charge in [0.1, 0.15) is 6.61 Å². The topological polar surface area (TPSA) is 54.0 Å². The Balaban J connectivity index is 3.06. The highest BCUT2D eigenvalue weighted by Gasteiger charge is 2.01. The van der Waals surface area contributed by atoms with E-state index in [0.29, 0.717) is 46.1 Å². The van der Waals surface area contributed by atoms with E-state index in [-0.39, 0.29) is 5.97 Å². The van der Waals surface area contributed by atoms with Crippen molar-refractivity contribution in [2.45, 2.75) is 129 Å². The van der Waals surface area contributed by atoms with Crippen LogP contribution in [-0.4, -0.2) is 52.2 Å². The predicted molar refractivity (Wildman–Crippen MR) is 138 cm³/mol. The average Bonchev–Trinajstić information content (AvgIpc) is 2.82. The van der Waals surface area contributed by atoms with Crippen molar-refractivity contribution >= 4 is 5.97 Å². The van der Waals surface area contributed by atoms with Crippen LogP contribution < -0.4 is 0 Å². The minimum absolute atomic E-state index is 0.126. The third-order valence-corrected chi connectivity index (χ3v) is 5.86. The third kappa shape index (κ3) is 29.3. The summed E-state index contributed by atoms with van der Waals surface area (Å²) in [5, 5.41) is 0. The molecule has 5 nitrogen and oxygen atoms in total. The highest BCUT2D eigenvalue weighted by atomic mass is 16.6. The van der Waals surface area contributed by atoms with Crippen LogP contribution in [0.3, 0.4) is 0 Å². The quantitative estimate of drug-likeness (QED) is 0.0865. The summed E-state index contributed by atoms with van der Waals surface area (Å²) in [6.07, 6.45) is 22.9. The van der Waals surface area contributed by atoms with E-state index in [1.807, 2.05) is 0 Å². The molecule has 5 heteroatoms. The van der Waals surface area contributed by atoms with E-state index in [1.165, 1.54) is 83.5 Å². The molecular formula is C28H56O5. The summed E-state index contributed by atoms with van der Waals surface area (Å²) in [5.41, 5.74) is 0. The van der Waals surface area contributed by atoms with Crippen LogP contribution in [0.2, 0.25) is 0 Å². The van der Waals surface area contributed by atoms with Crippen molar-refractivity contribution in [1.29, 1.82) is 0 Å². The van der Waals surface area contributed by atoms with Gasteiger partial charge in [0.15, 0.2) is 0 Å². The minimum atomic E-state index is -0.126. The SMILES string of the molecule is CCCCCCCCCCCCCCCCOCCOCCOCCOC(=O)CCCCC. The first kappa shape index (κ1) is 32.4. The van der Waals surface area contributed by atoms with Gasteiger partial charge in [-0.15, -0.1) is 0 Å². The molecule has 0 fully saturated rings. The van der Waals surface area contributed by atoms with Gasteiger partial charge in [-0.1, -0.05) is 110 Å². The van der Waals surface area contributed by atoms with Crippen molar-refractivity contribution in [2.24, 2.45) is 0 Å². The third-order valence-electron chi connectivity index (χ3n) is 5.86. The Labute approximate surface area is 205 Å². The summed E-state index contributed by atoms with van der Waals surface area (Å²) >= 11 is 0.